The van der Waals surface area contributed by atoms with Crippen LogP contribution in [0, 0.1) is 18.7 Å². The summed E-state index contributed by atoms with van der Waals surface area (Å²) in [5.41, 5.74) is 2.58. The van der Waals surface area contributed by atoms with Gasteiger partial charge in [0.15, 0.2) is 6.29 Å². The molecule has 1 aliphatic carbocycles. The number of carbonyl (C=O) groups is 1. The van der Waals surface area contributed by atoms with E-state index in [9.17, 15) is 9.18 Å². The summed E-state index contributed by atoms with van der Waals surface area (Å²) in [6.45, 7) is 3.97. The fourth-order valence-corrected chi connectivity index (χ4v) is 2.89. The van der Waals surface area contributed by atoms with E-state index in [2.05, 4.69) is 13.0 Å². The standard InChI is InChI=1S/C17H21FO/c1-3-4-13-6-8-14(9-7-13)15-10-5-12(2)16(11-19)17(15)18/h5,8,10-11,13H,3-4,6-7,9H2,1-2H3. The van der Waals surface area contributed by atoms with Gasteiger partial charge < -0.3 is 0 Å². The minimum Gasteiger partial charge on any atom is -0.298 e. The Hall–Kier alpha value is -1.44. The number of benzene rings is 1. The van der Waals surface area contributed by atoms with Gasteiger partial charge in [-0.3, -0.25) is 4.79 Å². The van der Waals surface area contributed by atoms with E-state index in [1.54, 1.807) is 6.92 Å². The molecule has 2 heteroatoms. The van der Waals surface area contributed by atoms with E-state index in [4.69, 9.17) is 0 Å². The first kappa shape index (κ1) is 14.0. The monoisotopic (exact) mass is 260 g/mol. The van der Waals surface area contributed by atoms with E-state index >= 15 is 0 Å². The molecule has 1 aliphatic rings. The van der Waals surface area contributed by atoms with Crippen molar-refractivity contribution < 1.29 is 9.18 Å². The van der Waals surface area contributed by atoms with E-state index in [0.717, 1.165) is 30.8 Å². The predicted octanol–water partition coefficient (Wildman–Crippen LogP) is 4.93. The van der Waals surface area contributed by atoms with Crippen molar-refractivity contribution in [3.05, 3.63) is 40.7 Å². The van der Waals surface area contributed by atoms with Crippen LogP contribution in [0.1, 0.15) is 60.5 Å². The number of rotatable bonds is 4. The molecule has 0 spiro atoms. The van der Waals surface area contributed by atoms with Crippen molar-refractivity contribution in [2.24, 2.45) is 5.92 Å². The smallest absolute Gasteiger partial charge is 0.153 e. The van der Waals surface area contributed by atoms with Crippen LogP contribution in [0.5, 0.6) is 0 Å². The van der Waals surface area contributed by atoms with Crippen molar-refractivity contribution in [1.29, 1.82) is 0 Å². The Morgan fingerprint density at radius 2 is 2.21 bits per heavy atom. The molecule has 1 nitrogen and oxygen atoms in total. The Morgan fingerprint density at radius 3 is 2.79 bits per heavy atom. The summed E-state index contributed by atoms with van der Waals surface area (Å²) >= 11 is 0. The topological polar surface area (TPSA) is 17.1 Å². The lowest BCUT2D eigenvalue weighted by molar-refractivity contribution is 0.111. The maximum Gasteiger partial charge on any atom is 0.153 e. The van der Waals surface area contributed by atoms with E-state index in [1.165, 1.54) is 12.8 Å². The van der Waals surface area contributed by atoms with Crippen LogP contribution in [-0.4, -0.2) is 6.29 Å². The van der Waals surface area contributed by atoms with Crippen molar-refractivity contribution in [3.8, 4) is 0 Å². The number of aldehydes is 1. The molecule has 102 valence electrons. The highest BCUT2D eigenvalue weighted by Gasteiger charge is 2.18. The van der Waals surface area contributed by atoms with Crippen molar-refractivity contribution in [2.75, 3.05) is 0 Å². The summed E-state index contributed by atoms with van der Waals surface area (Å²) in [4.78, 5) is 11.0. The van der Waals surface area contributed by atoms with Gasteiger partial charge in [-0.15, -0.1) is 0 Å². The first-order chi connectivity index (χ1) is 9.17. The van der Waals surface area contributed by atoms with Crippen LogP contribution >= 0.6 is 0 Å². The molecule has 0 amide bonds. The number of hydrogen-bond acceptors (Lipinski definition) is 1. The van der Waals surface area contributed by atoms with Gasteiger partial charge in [-0.05, 0) is 43.2 Å². The van der Waals surface area contributed by atoms with Gasteiger partial charge in [0.05, 0.1) is 5.56 Å². The summed E-state index contributed by atoms with van der Waals surface area (Å²) in [5, 5.41) is 0. The molecular formula is C17H21FO. The Morgan fingerprint density at radius 1 is 1.42 bits per heavy atom. The summed E-state index contributed by atoms with van der Waals surface area (Å²) in [7, 11) is 0. The van der Waals surface area contributed by atoms with Gasteiger partial charge >= 0.3 is 0 Å². The zero-order chi connectivity index (χ0) is 13.8. The number of hydrogen-bond donors (Lipinski definition) is 0. The van der Waals surface area contributed by atoms with E-state index in [-0.39, 0.29) is 11.4 Å². The summed E-state index contributed by atoms with van der Waals surface area (Å²) in [5.74, 6) is 0.392. The van der Waals surface area contributed by atoms with Crippen LogP contribution in [0.4, 0.5) is 4.39 Å². The van der Waals surface area contributed by atoms with E-state index in [0.29, 0.717) is 17.4 Å². The third-order valence-electron chi connectivity index (χ3n) is 4.08. The SMILES string of the molecule is CCCC1CC=C(c2ccc(C)c(C=O)c2F)CC1. The molecule has 19 heavy (non-hydrogen) atoms. The molecule has 1 aromatic carbocycles. The van der Waals surface area contributed by atoms with E-state index < -0.39 is 0 Å². The first-order valence-corrected chi connectivity index (χ1v) is 7.11. The molecule has 1 unspecified atom stereocenters. The average molecular weight is 260 g/mol. The van der Waals surface area contributed by atoms with Crippen molar-refractivity contribution >= 4 is 11.9 Å². The van der Waals surface area contributed by atoms with Crippen molar-refractivity contribution in [1.82, 2.24) is 0 Å². The summed E-state index contributed by atoms with van der Waals surface area (Å²) < 4.78 is 14.3. The number of allylic oxidation sites excluding steroid dienone is 2. The fourth-order valence-electron chi connectivity index (χ4n) is 2.89. The second-order valence-corrected chi connectivity index (χ2v) is 5.43. The highest BCUT2D eigenvalue weighted by molar-refractivity contribution is 5.81. The molecule has 0 aliphatic heterocycles. The van der Waals surface area contributed by atoms with Gasteiger partial charge in [-0.1, -0.05) is 38.0 Å². The molecule has 0 fully saturated rings. The number of halogens is 1. The molecule has 0 heterocycles. The zero-order valence-electron chi connectivity index (χ0n) is 11.7. The molecular weight excluding hydrogens is 239 g/mol. The second kappa shape index (κ2) is 6.14. The highest BCUT2D eigenvalue weighted by atomic mass is 19.1. The normalized spacial score (nSPS) is 19.1. The zero-order valence-corrected chi connectivity index (χ0v) is 11.7. The van der Waals surface area contributed by atoms with Gasteiger partial charge in [-0.25, -0.2) is 4.39 Å². The van der Waals surface area contributed by atoms with Crippen LogP contribution in [0.2, 0.25) is 0 Å². The maximum atomic E-state index is 14.3. The van der Waals surface area contributed by atoms with Gasteiger partial charge in [0.25, 0.3) is 0 Å². The lowest BCUT2D eigenvalue weighted by Crippen LogP contribution is -2.07. The molecule has 1 atom stereocenters. The van der Waals surface area contributed by atoms with Crippen molar-refractivity contribution in [3.63, 3.8) is 0 Å². The van der Waals surface area contributed by atoms with Gasteiger partial charge in [0, 0.05) is 5.56 Å². The lowest BCUT2D eigenvalue weighted by atomic mass is 9.83. The van der Waals surface area contributed by atoms with Gasteiger partial charge in [-0.2, -0.15) is 0 Å². The largest absolute Gasteiger partial charge is 0.298 e. The van der Waals surface area contributed by atoms with Crippen LogP contribution in [0.25, 0.3) is 5.57 Å². The summed E-state index contributed by atoms with van der Waals surface area (Å²) in [6, 6.07) is 3.64. The Bertz CT molecular complexity index is 502. The molecule has 0 saturated heterocycles. The third-order valence-corrected chi connectivity index (χ3v) is 4.08. The van der Waals surface area contributed by atoms with Crippen LogP contribution in [0.3, 0.4) is 0 Å². The second-order valence-electron chi connectivity index (χ2n) is 5.43. The lowest BCUT2D eigenvalue weighted by Gasteiger charge is -2.22. The molecule has 0 bridgehead atoms. The van der Waals surface area contributed by atoms with Crippen LogP contribution < -0.4 is 0 Å². The molecule has 2 rings (SSSR count). The average Bonchev–Trinajstić information content (AvgIpc) is 2.41. The predicted molar refractivity (Wildman–Crippen MR) is 76.8 cm³/mol. The number of aryl methyl sites for hydroxylation is 1. The Balaban J connectivity index is 2.26. The van der Waals surface area contributed by atoms with Gasteiger partial charge in [0.2, 0.25) is 0 Å². The Labute approximate surface area is 114 Å². The molecule has 1 aromatic rings. The fraction of sp³-hybridized carbons (Fsp3) is 0.471. The van der Waals surface area contributed by atoms with E-state index in [1.807, 2.05) is 12.1 Å². The van der Waals surface area contributed by atoms with Gasteiger partial charge in [0.1, 0.15) is 5.82 Å². The highest BCUT2D eigenvalue weighted by Crippen LogP contribution is 2.34. The molecule has 0 radical (unpaired) electrons. The molecule has 0 saturated carbocycles. The van der Waals surface area contributed by atoms with Crippen LogP contribution in [-0.2, 0) is 0 Å². The minimum absolute atomic E-state index is 0.203. The quantitative estimate of drug-likeness (QED) is 0.701. The Kier molecular flexibility index (Phi) is 4.52. The molecule has 0 aromatic heterocycles. The first-order valence-electron chi connectivity index (χ1n) is 7.11. The van der Waals surface area contributed by atoms with Crippen LogP contribution in [0.15, 0.2) is 18.2 Å². The van der Waals surface area contributed by atoms with Crippen molar-refractivity contribution in [2.45, 2.75) is 46.0 Å². The summed E-state index contributed by atoms with van der Waals surface area (Å²) in [6.07, 6.45) is 8.32. The molecule has 0 N–H and O–H groups in total. The third kappa shape index (κ3) is 2.94. The maximum absolute atomic E-state index is 14.3. The number of carbonyl (C=O) groups excluding carboxylic acids is 1. The minimum atomic E-state index is -0.352.